The topological polar surface area (TPSA) is 53.4 Å². The zero-order valence-corrected chi connectivity index (χ0v) is 10.3. The lowest BCUT2D eigenvalue weighted by Gasteiger charge is -2.21. The summed E-state index contributed by atoms with van der Waals surface area (Å²) in [4.78, 5) is 17.6. The molecule has 0 radical (unpaired) electrons. The quantitative estimate of drug-likeness (QED) is 0.874. The number of nitrogens with zero attached hydrogens (tertiary/aromatic N) is 2. The first kappa shape index (κ1) is 11.5. The van der Waals surface area contributed by atoms with Crippen molar-refractivity contribution in [3.63, 3.8) is 0 Å². The number of aryl methyl sites for hydroxylation is 1. The second-order valence-corrected chi connectivity index (χ2v) is 5.36. The van der Waals surface area contributed by atoms with Crippen LogP contribution in [-0.4, -0.2) is 33.5 Å². The summed E-state index contributed by atoms with van der Waals surface area (Å²) in [6.07, 6.45) is 0.750. The Morgan fingerprint density at radius 2 is 2.50 bits per heavy atom. The minimum absolute atomic E-state index is 0.111. The molecule has 2 unspecified atom stereocenters. The molecule has 1 fully saturated rings. The molecule has 4 nitrogen and oxygen atoms in total. The Balaban J connectivity index is 2.00. The van der Waals surface area contributed by atoms with E-state index in [-0.39, 0.29) is 12.0 Å². The lowest BCUT2D eigenvalue weighted by molar-refractivity contribution is -0.142. The van der Waals surface area contributed by atoms with Crippen molar-refractivity contribution < 1.29 is 9.90 Å². The van der Waals surface area contributed by atoms with Gasteiger partial charge in [0.1, 0.15) is 0 Å². The molecule has 1 N–H and O–H groups in total. The van der Waals surface area contributed by atoms with Crippen LogP contribution in [0.4, 0.5) is 0 Å². The van der Waals surface area contributed by atoms with Crippen LogP contribution >= 0.6 is 11.3 Å². The Morgan fingerprint density at radius 3 is 3.00 bits per heavy atom. The molecule has 0 amide bonds. The van der Waals surface area contributed by atoms with Gasteiger partial charge in [0.15, 0.2) is 0 Å². The Kier molecular flexibility index (Phi) is 3.25. The molecule has 1 aliphatic heterocycles. The summed E-state index contributed by atoms with van der Waals surface area (Å²) in [5.74, 6) is -0.899. The van der Waals surface area contributed by atoms with Crippen molar-refractivity contribution in [2.24, 2.45) is 5.92 Å². The van der Waals surface area contributed by atoms with Crippen LogP contribution < -0.4 is 0 Å². The molecule has 1 aromatic rings. The number of carboxylic acids is 1. The van der Waals surface area contributed by atoms with Crippen LogP contribution in [-0.2, 0) is 11.3 Å². The van der Waals surface area contributed by atoms with Crippen LogP contribution in [0.5, 0.6) is 0 Å². The molecule has 1 aromatic heterocycles. The number of hydrogen-bond acceptors (Lipinski definition) is 4. The number of carbonyl (C=O) groups is 1. The lowest BCUT2D eigenvalue weighted by atomic mass is 10.0. The molecule has 0 aliphatic carbocycles. The molecule has 1 saturated heterocycles. The zero-order chi connectivity index (χ0) is 11.7. The van der Waals surface area contributed by atoms with Gasteiger partial charge in [0.2, 0.25) is 0 Å². The third-order valence-electron chi connectivity index (χ3n) is 3.23. The summed E-state index contributed by atoms with van der Waals surface area (Å²) < 4.78 is 0. The van der Waals surface area contributed by atoms with E-state index in [2.05, 4.69) is 15.3 Å². The fourth-order valence-electron chi connectivity index (χ4n) is 2.25. The van der Waals surface area contributed by atoms with Crippen molar-refractivity contribution in [1.29, 1.82) is 0 Å². The normalized spacial score (nSPS) is 26.1. The van der Waals surface area contributed by atoms with E-state index < -0.39 is 5.97 Å². The highest BCUT2D eigenvalue weighted by atomic mass is 32.1. The summed E-state index contributed by atoms with van der Waals surface area (Å²) in [7, 11) is 0. The van der Waals surface area contributed by atoms with Crippen molar-refractivity contribution in [2.45, 2.75) is 32.9 Å². The molecule has 0 bridgehead atoms. The van der Waals surface area contributed by atoms with E-state index >= 15 is 0 Å². The molecular formula is C11H16N2O2S. The molecule has 0 spiro atoms. The van der Waals surface area contributed by atoms with Gasteiger partial charge in [0.05, 0.1) is 16.6 Å². The van der Waals surface area contributed by atoms with Crippen LogP contribution in [0.25, 0.3) is 0 Å². The molecule has 2 atom stereocenters. The van der Waals surface area contributed by atoms with E-state index in [9.17, 15) is 4.79 Å². The van der Waals surface area contributed by atoms with Gasteiger partial charge in [-0.25, -0.2) is 4.98 Å². The van der Waals surface area contributed by atoms with E-state index in [1.54, 1.807) is 11.3 Å². The van der Waals surface area contributed by atoms with Crippen molar-refractivity contribution >= 4 is 17.3 Å². The molecule has 16 heavy (non-hydrogen) atoms. The molecule has 88 valence electrons. The van der Waals surface area contributed by atoms with E-state index in [0.717, 1.165) is 30.2 Å². The first-order valence-electron chi connectivity index (χ1n) is 5.46. The second-order valence-electron chi connectivity index (χ2n) is 4.30. The van der Waals surface area contributed by atoms with Gasteiger partial charge in [0, 0.05) is 18.0 Å². The number of rotatable bonds is 3. The van der Waals surface area contributed by atoms with Gasteiger partial charge in [-0.15, -0.1) is 11.3 Å². The van der Waals surface area contributed by atoms with Crippen molar-refractivity contribution in [1.82, 2.24) is 9.88 Å². The summed E-state index contributed by atoms with van der Waals surface area (Å²) >= 11 is 1.64. The molecule has 0 saturated carbocycles. The van der Waals surface area contributed by atoms with Gasteiger partial charge in [-0.2, -0.15) is 0 Å². The average molecular weight is 240 g/mol. The van der Waals surface area contributed by atoms with Gasteiger partial charge in [0.25, 0.3) is 0 Å². The third-order valence-corrected chi connectivity index (χ3v) is 4.06. The molecule has 2 rings (SSSR count). The molecule has 2 heterocycles. The Hall–Kier alpha value is -0.940. The highest BCUT2D eigenvalue weighted by molar-refractivity contribution is 7.09. The fourth-order valence-corrected chi connectivity index (χ4v) is 2.85. The zero-order valence-electron chi connectivity index (χ0n) is 9.51. The van der Waals surface area contributed by atoms with Gasteiger partial charge < -0.3 is 5.11 Å². The van der Waals surface area contributed by atoms with E-state index in [0.29, 0.717) is 0 Å². The summed E-state index contributed by atoms with van der Waals surface area (Å²) in [5.41, 5.74) is 1.06. The van der Waals surface area contributed by atoms with Crippen molar-refractivity contribution in [3.8, 4) is 0 Å². The van der Waals surface area contributed by atoms with Crippen LogP contribution in [0.2, 0.25) is 0 Å². The molecule has 0 aromatic carbocycles. The predicted octanol–water partition coefficient (Wildman–Crippen LogP) is 1.75. The number of carboxylic acid groups (broad SMARTS) is 1. The number of likely N-dealkylation sites (tertiary alicyclic amines) is 1. The number of hydrogen-bond donors (Lipinski definition) is 1. The van der Waals surface area contributed by atoms with Gasteiger partial charge in [-0.05, 0) is 26.8 Å². The first-order valence-corrected chi connectivity index (χ1v) is 6.33. The fraction of sp³-hybridized carbons (Fsp3) is 0.636. The smallest absolute Gasteiger partial charge is 0.308 e. The van der Waals surface area contributed by atoms with Crippen molar-refractivity contribution in [3.05, 3.63) is 16.1 Å². The van der Waals surface area contributed by atoms with Gasteiger partial charge in [-0.1, -0.05) is 0 Å². The lowest BCUT2D eigenvalue weighted by Crippen LogP contribution is -2.32. The highest BCUT2D eigenvalue weighted by Crippen LogP contribution is 2.26. The maximum absolute atomic E-state index is 11.0. The Bertz CT molecular complexity index is 391. The predicted molar refractivity (Wildman–Crippen MR) is 62.5 cm³/mol. The van der Waals surface area contributed by atoms with E-state index in [1.165, 1.54) is 0 Å². The van der Waals surface area contributed by atoms with Crippen LogP contribution in [0, 0.1) is 12.8 Å². The third kappa shape index (κ3) is 2.25. The molecular weight excluding hydrogens is 224 g/mol. The first-order chi connectivity index (χ1) is 7.58. The van der Waals surface area contributed by atoms with Crippen LogP contribution in [0.15, 0.2) is 5.38 Å². The Labute approximate surface area is 98.9 Å². The van der Waals surface area contributed by atoms with E-state index in [4.69, 9.17) is 5.11 Å². The maximum atomic E-state index is 11.0. The largest absolute Gasteiger partial charge is 0.481 e. The minimum Gasteiger partial charge on any atom is -0.481 e. The number of aromatic nitrogens is 1. The number of thiazole rings is 1. The summed E-state index contributed by atoms with van der Waals surface area (Å²) in [6, 6.07) is 0.111. The SMILES string of the molecule is Cc1nc(CN2CCC(C(=O)O)C2C)cs1. The number of aliphatic carboxylic acids is 1. The average Bonchev–Trinajstić information content (AvgIpc) is 2.76. The summed E-state index contributed by atoms with van der Waals surface area (Å²) in [5, 5.41) is 12.1. The maximum Gasteiger partial charge on any atom is 0.308 e. The van der Waals surface area contributed by atoms with Gasteiger partial charge in [-0.3, -0.25) is 9.69 Å². The second kappa shape index (κ2) is 4.51. The van der Waals surface area contributed by atoms with Crippen LogP contribution in [0.3, 0.4) is 0 Å². The highest BCUT2D eigenvalue weighted by Gasteiger charge is 2.35. The van der Waals surface area contributed by atoms with Crippen molar-refractivity contribution in [2.75, 3.05) is 6.54 Å². The Morgan fingerprint density at radius 1 is 1.75 bits per heavy atom. The van der Waals surface area contributed by atoms with Gasteiger partial charge >= 0.3 is 5.97 Å². The summed E-state index contributed by atoms with van der Waals surface area (Å²) in [6.45, 7) is 5.61. The molecule has 1 aliphatic rings. The minimum atomic E-state index is -0.676. The van der Waals surface area contributed by atoms with E-state index in [1.807, 2.05) is 13.8 Å². The molecule has 5 heteroatoms. The standard InChI is InChI=1S/C11H16N2O2S/c1-7-10(11(14)15)3-4-13(7)5-9-6-16-8(2)12-9/h6-7,10H,3-5H2,1-2H3,(H,14,15). The van der Waals surface area contributed by atoms with Crippen LogP contribution in [0.1, 0.15) is 24.0 Å². The monoisotopic (exact) mass is 240 g/mol.